The molecule has 0 aliphatic heterocycles. The molecule has 0 spiro atoms. The van der Waals surface area contributed by atoms with Crippen molar-refractivity contribution in [2.24, 2.45) is 5.73 Å². The van der Waals surface area contributed by atoms with Crippen LogP contribution in [0.1, 0.15) is 13.3 Å². The van der Waals surface area contributed by atoms with Crippen LogP contribution >= 0.6 is 0 Å². The smallest absolute Gasteiger partial charge is 0.274 e. The van der Waals surface area contributed by atoms with Crippen LogP contribution in [-0.4, -0.2) is 34.7 Å². The van der Waals surface area contributed by atoms with E-state index < -0.39 is 4.92 Å². The second-order valence-corrected chi connectivity index (χ2v) is 4.22. The van der Waals surface area contributed by atoms with Crippen molar-refractivity contribution in [3.63, 3.8) is 0 Å². The van der Waals surface area contributed by atoms with Gasteiger partial charge in [-0.25, -0.2) is 4.98 Å². The van der Waals surface area contributed by atoms with Crippen LogP contribution in [0.4, 0.5) is 11.5 Å². The normalized spacial score (nSPS) is 26.4. The number of nitro groups is 1. The van der Waals surface area contributed by atoms with Gasteiger partial charge in [0.15, 0.2) is 0 Å². The summed E-state index contributed by atoms with van der Waals surface area (Å²) < 4.78 is 5.51. The molecular weight excluding hydrogens is 236 g/mol. The van der Waals surface area contributed by atoms with Gasteiger partial charge in [-0.3, -0.25) is 10.1 Å². The SMILES string of the molecule is CCOC1CC(N)C1Nc1cc([N+](=O)[O-])ccn1. The molecule has 1 aliphatic rings. The van der Waals surface area contributed by atoms with Crippen molar-refractivity contribution in [3.05, 3.63) is 28.4 Å². The second-order valence-electron chi connectivity index (χ2n) is 4.22. The average molecular weight is 252 g/mol. The van der Waals surface area contributed by atoms with Gasteiger partial charge in [0, 0.05) is 24.9 Å². The predicted octanol–water partition coefficient (Wildman–Crippen LogP) is 0.906. The Labute approximate surface area is 104 Å². The fourth-order valence-electron chi connectivity index (χ4n) is 2.01. The Morgan fingerprint density at radius 2 is 2.50 bits per heavy atom. The molecule has 3 unspecified atom stereocenters. The molecule has 1 aromatic rings. The number of hydrogen-bond donors (Lipinski definition) is 2. The van der Waals surface area contributed by atoms with Crippen molar-refractivity contribution in [3.8, 4) is 0 Å². The number of hydrogen-bond acceptors (Lipinski definition) is 6. The van der Waals surface area contributed by atoms with Crippen LogP contribution in [0.5, 0.6) is 0 Å². The molecular formula is C11H16N4O3. The Hall–Kier alpha value is -1.73. The Kier molecular flexibility index (Phi) is 3.73. The number of pyridine rings is 1. The third-order valence-corrected chi connectivity index (χ3v) is 3.02. The Bertz CT molecular complexity index is 438. The summed E-state index contributed by atoms with van der Waals surface area (Å²) in [7, 11) is 0. The number of ether oxygens (including phenoxy) is 1. The summed E-state index contributed by atoms with van der Waals surface area (Å²) in [6, 6.07) is 2.70. The molecule has 0 amide bonds. The molecule has 0 aromatic carbocycles. The summed E-state index contributed by atoms with van der Waals surface area (Å²) in [5.41, 5.74) is 5.89. The van der Waals surface area contributed by atoms with E-state index in [4.69, 9.17) is 10.5 Å². The highest BCUT2D eigenvalue weighted by Gasteiger charge is 2.39. The molecule has 0 radical (unpaired) electrons. The summed E-state index contributed by atoms with van der Waals surface area (Å²) in [6.07, 6.45) is 2.24. The Balaban J connectivity index is 2.04. The van der Waals surface area contributed by atoms with Gasteiger partial charge in [0.2, 0.25) is 0 Å². The summed E-state index contributed by atoms with van der Waals surface area (Å²) >= 11 is 0. The lowest BCUT2D eigenvalue weighted by Crippen LogP contribution is -2.60. The van der Waals surface area contributed by atoms with Crippen molar-refractivity contribution in [1.29, 1.82) is 0 Å². The highest BCUT2D eigenvalue weighted by molar-refractivity contribution is 5.46. The third-order valence-electron chi connectivity index (χ3n) is 3.02. The molecule has 7 nitrogen and oxygen atoms in total. The van der Waals surface area contributed by atoms with Gasteiger partial charge in [0.1, 0.15) is 5.82 Å². The summed E-state index contributed by atoms with van der Waals surface area (Å²) in [5, 5.41) is 13.7. The maximum Gasteiger partial charge on any atom is 0.274 e. The van der Waals surface area contributed by atoms with Gasteiger partial charge in [0.05, 0.1) is 23.1 Å². The van der Waals surface area contributed by atoms with Gasteiger partial charge in [0.25, 0.3) is 5.69 Å². The minimum absolute atomic E-state index is 0.00774. The molecule has 0 saturated heterocycles. The molecule has 3 atom stereocenters. The fourth-order valence-corrected chi connectivity index (χ4v) is 2.01. The first kappa shape index (κ1) is 12.7. The largest absolute Gasteiger partial charge is 0.376 e. The van der Waals surface area contributed by atoms with Crippen LogP contribution < -0.4 is 11.1 Å². The van der Waals surface area contributed by atoms with E-state index in [0.717, 1.165) is 6.42 Å². The monoisotopic (exact) mass is 252 g/mol. The first-order valence-electron chi connectivity index (χ1n) is 5.86. The van der Waals surface area contributed by atoms with Crippen molar-refractivity contribution in [2.75, 3.05) is 11.9 Å². The topological polar surface area (TPSA) is 103 Å². The van der Waals surface area contributed by atoms with E-state index in [1.807, 2.05) is 6.92 Å². The predicted molar refractivity (Wildman–Crippen MR) is 66.3 cm³/mol. The minimum atomic E-state index is -0.451. The lowest BCUT2D eigenvalue weighted by Gasteiger charge is -2.42. The number of nitrogens with one attached hydrogen (secondary N) is 1. The van der Waals surface area contributed by atoms with Crippen molar-refractivity contribution >= 4 is 11.5 Å². The zero-order valence-electron chi connectivity index (χ0n) is 10.1. The molecule has 1 heterocycles. The van der Waals surface area contributed by atoms with E-state index in [1.54, 1.807) is 0 Å². The quantitative estimate of drug-likeness (QED) is 0.596. The second kappa shape index (κ2) is 5.28. The zero-order chi connectivity index (χ0) is 13.1. The fraction of sp³-hybridized carbons (Fsp3) is 0.545. The number of aromatic nitrogens is 1. The number of anilines is 1. The van der Waals surface area contributed by atoms with E-state index in [9.17, 15) is 10.1 Å². The number of nitrogens with zero attached hydrogens (tertiary/aromatic N) is 2. The Morgan fingerprint density at radius 1 is 1.72 bits per heavy atom. The highest BCUT2D eigenvalue weighted by Crippen LogP contribution is 2.26. The highest BCUT2D eigenvalue weighted by atomic mass is 16.6. The zero-order valence-corrected chi connectivity index (χ0v) is 10.1. The van der Waals surface area contributed by atoms with Gasteiger partial charge in [-0.2, -0.15) is 0 Å². The number of rotatable bonds is 5. The maximum atomic E-state index is 10.7. The van der Waals surface area contributed by atoms with Crippen molar-refractivity contribution in [2.45, 2.75) is 31.5 Å². The lowest BCUT2D eigenvalue weighted by atomic mass is 9.83. The summed E-state index contributed by atoms with van der Waals surface area (Å²) in [5.74, 6) is 0.453. The minimum Gasteiger partial charge on any atom is -0.376 e. The standard InChI is InChI=1S/C11H16N4O3/c1-2-18-9-6-8(12)11(9)14-10-5-7(15(16)17)3-4-13-10/h3-5,8-9,11H,2,6,12H2,1H3,(H,13,14). The van der Waals surface area contributed by atoms with Gasteiger partial charge in [-0.05, 0) is 13.3 Å². The molecule has 0 bridgehead atoms. The first-order chi connectivity index (χ1) is 8.61. The van der Waals surface area contributed by atoms with Crippen LogP contribution in [0.2, 0.25) is 0 Å². The molecule has 7 heteroatoms. The van der Waals surface area contributed by atoms with Crippen LogP contribution in [0.3, 0.4) is 0 Å². The van der Waals surface area contributed by atoms with Crippen LogP contribution in [0.25, 0.3) is 0 Å². The van der Waals surface area contributed by atoms with E-state index >= 15 is 0 Å². The third kappa shape index (κ3) is 2.57. The van der Waals surface area contributed by atoms with E-state index in [-0.39, 0.29) is 23.9 Å². The molecule has 18 heavy (non-hydrogen) atoms. The molecule has 98 valence electrons. The molecule has 1 fully saturated rings. The van der Waals surface area contributed by atoms with Crippen molar-refractivity contribution < 1.29 is 9.66 Å². The number of nitrogens with two attached hydrogens (primary N) is 1. The molecule has 1 aromatic heterocycles. The molecule has 1 saturated carbocycles. The van der Waals surface area contributed by atoms with Gasteiger partial charge >= 0.3 is 0 Å². The molecule has 3 N–H and O–H groups in total. The summed E-state index contributed by atoms with van der Waals surface area (Å²) in [4.78, 5) is 14.2. The van der Waals surface area contributed by atoms with E-state index in [1.165, 1.54) is 18.3 Å². The molecule has 2 rings (SSSR count). The Morgan fingerprint density at radius 3 is 3.11 bits per heavy atom. The van der Waals surface area contributed by atoms with Crippen LogP contribution in [0, 0.1) is 10.1 Å². The van der Waals surface area contributed by atoms with Crippen LogP contribution in [0.15, 0.2) is 18.3 Å². The van der Waals surface area contributed by atoms with Gasteiger partial charge in [-0.1, -0.05) is 0 Å². The first-order valence-corrected chi connectivity index (χ1v) is 5.86. The van der Waals surface area contributed by atoms with Gasteiger partial charge in [-0.15, -0.1) is 0 Å². The molecule has 1 aliphatic carbocycles. The van der Waals surface area contributed by atoms with Crippen molar-refractivity contribution in [1.82, 2.24) is 4.98 Å². The van der Waals surface area contributed by atoms with E-state index in [2.05, 4.69) is 10.3 Å². The lowest BCUT2D eigenvalue weighted by molar-refractivity contribution is -0.384. The van der Waals surface area contributed by atoms with Crippen LogP contribution in [-0.2, 0) is 4.74 Å². The van der Waals surface area contributed by atoms with E-state index in [0.29, 0.717) is 12.4 Å². The maximum absolute atomic E-state index is 10.7. The average Bonchev–Trinajstić information content (AvgIpc) is 2.36. The van der Waals surface area contributed by atoms with Gasteiger partial charge < -0.3 is 15.8 Å². The summed E-state index contributed by atoms with van der Waals surface area (Å²) in [6.45, 7) is 2.55.